The molecule has 6 heterocycles. The molecule has 8 rings (SSSR count). The molecule has 1 N–H and O–H groups in total. The third-order valence-corrected chi connectivity index (χ3v) is 7.54. The van der Waals surface area contributed by atoms with Gasteiger partial charge in [-0.15, -0.1) is 0 Å². The number of H-pyrrole nitrogens is 1. The molecule has 0 amide bonds. The van der Waals surface area contributed by atoms with Crippen molar-refractivity contribution in [3.8, 4) is 0 Å². The third kappa shape index (κ3) is 1.58. The minimum atomic E-state index is -0.596. The van der Waals surface area contributed by atoms with E-state index in [-0.39, 0.29) is 24.3 Å². The molecular weight excluding hydrogens is 328 g/mol. The molecule has 0 radical (unpaired) electrons. The maximum atomic E-state index is 13.4. The van der Waals surface area contributed by atoms with Gasteiger partial charge in [0.1, 0.15) is 11.6 Å². The van der Waals surface area contributed by atoms with Crippen molar-refractivity contribution < 1.29 is 14.3 Å². The Morgan fingerprint density at radius 1 is 1.38 bits per heavy atom. The number of esters is 1. The van der Waals surface area contributed by atoms with Gasteiger partial charge in [0.15, 0.2) is 0 Å². The van der Waals surface area contributed by atoms with Gasteiger partial charge in [0.25, 0.3) is 0 Å². The lowest BCUT2D eigenvalue weighted by atomic mass is 9.54. The first kappa shape index (κ1) is 15.2. The molecule has 136 valence electrons. The molecule has 1 aromatic carbocycles. The van der Waals surface area contributed by atoms with Crippen molar-refractivity contribution in [2.24, 2.45) is 11.8 Å². The van der Waals surface area contributed by atoms with Gasteiger partial charge in [-0.05, 0) is 37.8 Å². The highest BCUT2D eigenvalue weighted by atomic mass is 16.5. The van der Waals surface area contributed by atoms with E-state index in [1.165, 1.54) is 24.5 Å². The van der Waals surface area contributed by atoms with Gasteiger partial charge in [0.05, 0.1) is 13.2 Å². The predicted octanol–water partition coefficient (Wildman–Crippen LogP) is 2.59. The molecule has 0 spiro atoms. The zero-order valence-corrected chi connectivity index (χ0v) is 15.2. The first-order valence-corrected chi connectivity index (χ1v) is 9.75. The van der Waals surface area contributed by atoms with E-state index in [4.69, 9.17) is 9.47 Å². The molecule has 5 fully saturated rings. The molecule has 5 aliphatic heterocycles. The summed E-state index contributed by atoms with van der Waals surface area (Å²) in [6, 6.07) is 8.60. The number of hydrogen-bond acceptors (Lipinski definition) is 4. The monoisotopic (exact) mass is 352 g/mol. The van der Waals surface area contributed by atoms with Crippen LogP contribution in [-0.2, 0) is 26.1 Å². The number of methoxy groups -OCH3 is 1. The molecule has 6 bridgehead atoms. The lowest BCUT2D eigenvalue weighted by Crippen LogP contribution is -2.76. The summed E-state index contributed by atoms with van der Waals surface area (Å²) < 4.78 is 11.8. The van der Waals surface area contributed by atoms with Crippen molar-refractivity contribution in [1.82, 2.24) is 9.88 Å². The minimum Gasteiger partial charge on any atom is -0.468 e. The van der Waals surface area contributed by atoms with Gasteiger partial charge in [-0.1, -0.05) is 18.2 Å². The van der Waals surface area contributed by atoms with Gasteiger partial charge in [-0.2, -0.15) is 0 Å². The zero-order chi connectivity index (χ0) is 17.6. The number of benzene rings is 1. The number of para-hydroxylation sites is 1. The van der Waals surface area contributed by atoms with E-state index < -0.39 is 5.41 Å². The van der Waals surface area contributed by atoms with Crippen LogP contribution in [0.5, 0.6) is 0 Å². The van der Waals surface area contributed by atoms with Crippen LogP contribution >= 0.6 is 0 Å². The van der Waals surface area contributed by atoms with Crippen molar-refractivity contribution in [1.29, 1.82) is 0 Å². The normalized spacial score (nSPS) is 42.5. The lowest BCUT2D eigenvalue weighted by molar-refractivity contribution is -0.290. The molecule has 4 saturated heterocycles. The molecule has 7 unspecified atom stereocenters. The largest absolute Gasteiger partial charge is 0.468 e. The fraction of sp³-hybridized carbons (Fsp3) is 0.571. The number of piperidine rings is 2. The Hall–Kier alpha value is -1.85. The van der Waals surface area contributed by atoms with Crippen LogP contribution in [0.2, 0.25) is 0 Å². The number of carbonyl (C=O) groups is 1. The van der Waals surface area contributed by atoms with Crippen LogP contribution in [0, 0.1) is 11.8 Å². The Labute approximate surface area is 152 Å². The minimum absolute atomic E-state index is 0.0792. The standard InChI is InChI=1S/C21H24N2O3/c1-11-15-9-12-10-21(20(24)25-2)17-14(13-5-3-4-6-16(13)22-17)7-8-23(18(15)21)19(12)26-11/h3-6,11-12,15,18-19,22H,7-10H2,1-2H3. The lowest BCUT2D eigenvalue weighted by Gasteiger charge is -2.66. The summed E-state index contributed by atoms with van der Waals surface area (Å²) in [5, 5.41) is 1.25. The molecule has 6 aliphatic rings. The highest BCUT2D eigenvalue weighted by Crippen LogP contribution is 2.60. The first-order chi connectivity index (χ1) is 12.6. The predicted molar refractivity (Wildman–Crippen MR) is 96.7 cm³/mol. The molecule has 1 saturated carbocycles. The highest BCUT2D eigenvalue weighted by Gasteiger charge is 2.69. The number of hydrogen-bond donors (Lipinski definition) is 1. The van der Waals surface area contributed by atoms with Gasteiger partial charge >= 0.3 is 5.97 Å². The fourth-order valence-corrected chi connectivity index (χ4v) is 6.68. The highest BCUT2D eigenvalue weighted by molar-refractivity contribution is 5.91. The van der Waals surface area contributed by atoms with Crippen LogP contribution in [0.1, 0.15) is 31.0 Å². The number of nitrogens with zero attached hydrogens (tertiary/aromatic N) is 1. The summed E-state index contributed by atoms with van der Waals surface area (Å²) in [4.78, 5) is 19.5. The summed E-state index contributed by atoms with van der Waals surface area (Å²) in [7, 11) is 1.54. The van der Waals surface area contributed by atoms with E-state index in [9.17, 15) is 4.79 Å². The summed E-state index contributed by atoms with van der Waals surface area (Å²) in [6.45, 7) is 3.12. The van der Waals surface area contributed by atoms with Crippen LogP contribution in [-0.4, -0.2) is 47.9 Å². The van der Waals surface area contributed by atoms with Crippen molar-refractivity contribution in [3.05, 3.63) is 35.5 Å². The second-order valence-corrected chi connectivity index (χ2v) is 8.52. The number of rotatable bonds is 1. The van der Waals surface area contributed by atoms with E-state index >= 15 is 0 Å². The van der Waals surface area contributed by atoms with Crippen molar-refractivity contribution >= 4 is 16.9 Å². The van der Waals surface area contributed by atoms with E-state index in [2.05, 4.69) is 41.1 Å². The summed E-state index contributed by atoms with van der Waals surface area (Å²) in [5.41, 5.74) is 2.94. The van der Waals surface area contributed by atoms with Crippen molar-refractivity contribution in [3.63, 3.8) is 0 Å². The Kier molecular flexibility index (Phi) is 2.87. The Bertz CT molecular complexity index is 921. The number of nitrogens with one attached hydrogen (secondary N) is 1. The Morgan fingerprint density at radius 2 is 2.23 bits per heavy atom. The topological polar surface area (TPSA) is 54.6 Å². The van der Waals surface area contributed by atoms with E-state index in [0.29, 0.717) is 11.8 Å². The molecule has 26 heavy (non-hydrogen) atoms. The smallest absolute Gasteiger partial charge is 0.319 e. The maximum absolute atomic E-state index is 13.4. The first-order valence-electron chi connectivity index (χ1n) is 9.75. The molecule has 5 heteroatoms. The van der Waals surface area contributed by atoms with E-state index in [1.54, 1.807) is 0 Å². The quantitative estimate of drug-likeness (QED) is 0.802. The van der Waals surface area contributed by atoms with Gasteiger partial charge < -0.3 is 14.5 Å². The second kappa shape index (κ2) is 4.90. The second-order valence-electron chi connectivity index (χ2n) is 8.52. The van der Waals surface area contributed by atoms with Crippen LogP contribution in [0.4, 0.5) is 0 Å². The van der Waals surface area contributed by atoms with E-state index in [1.807, 2.05) is 0 Å². The van der Waals surface area contributed by atoms with Crippen LogP contribution in [0.3, 0.4) is 0 Å². The molecule has 7 atom stereocenters. The van der Waals surface area contributed by atoms with Crippen molar-refractivity contribution in [2.45, 2.75) is 50.0 Å². The average molecular weight is 352 g/mol. The molecule has 5 nitrogen and oxygen atoms in total. The van der Waals surface area contributed by atoms with Crippen molar-refractivity contribution in [2.75, 3.05) is 13.7 Å². The summed E-state index contributed by atoms with van der Waals surface area (Å²) in [5.74, 6) is 0.706. The molecule has 2 aromatic rings. The van der Waals surface area contributed by atoms with Gasteiger partial charge in [-0.25, -0.2) is 0 Å². The van der Waals surface area contributed by atoms with Crippen LogP contribution < -0.4 is 0 Å². The summed E-state index contributed by atoms with van der Waals surface area (Å²) >= 11 is 0. The molecule has 1 aromatic heterocycles. The zero-order valence-electron chi connectivity index (χ0n) is 15.2. The van der Waals surface area contributed by atoms with Crippen LogP contribution in [0.25, 0.3) is 10.9 Å². The van der Waals surface area contributed by atoms with E-state index in [0.717, 1.165) is 30.6 Å². The SMILES string of the molecule is COC(=O)C12CC3CC4C(C)OC3N(CCc3c1[nH]c1ccccc31)C42. The van der Waals surface area contributed by atoms with Gasteiger partial charge in [0, 0.05) is 41.0 Å². The maximum Gasteiger partial charge on any atom is 0.319 e. The Balaban J connectivity index is 1.66. The number of ether oxygens (including phenoxy) is 2. The number of aromatic amines is 1. The molecule has 1 aliphatic carbocycles. The number of fused-ring (bicyclic) bond motifs is 4. The third-order valence-electron chi connectivity index (χ3n) is 7.54. The van der Waals surface area contributed by atoms with Gasteiger partial charge in [0.2, 0.25) is 0 Å². The Morgan fingerprint density at radius 3 is 3.08 bits per heavy atom. The molecular formula is C21H24N2O3. The summed E-state index contributed by atoms with van der Waals surface area (Å²) in [6.07, 6.45) is 3.30. The van der Waals surface area contributed by atoms with Crippen LogP contribution in [0.15, 0.2) is 24.3 Å². The average Bonchev–Trinajstić information content (AvgIpc) is 2.99. The van der Waals surface area contributed by atoms with Gasteiger partial charge in [-0.3, -0.25) is 9.69 Å². The number of carbonyl (C=O) groups excluding carboxylic acids is 1. The fourth-order valence-electron chi connectivity index (χ4n) is 6.68. The number of aromatic nitrogens is 1.